The Balaban J connectivity index is 2.55. The van der Waals surface area contributed by atoms with Gasteiger partial charge in [-0.05, 0) is 30.7 Å². The predicted octanol–water partition coefficient (Wildman–Crippen LogP) is 2.43. The fourth-order valence-corrected chi connectivity index (χ4v) is 1.63. The number of halogens is 1. The number of rotatable bonds is 2. The van der Waals surface area contributed by atoms with Crippen LogP contribution in [0.5, 0.6) is 0 Å². The minimum absolute atomic E-state index is 0.260. The molecule has 0 amide bonds. The van der Waals surface area contributed by atoms with Crippen molar-refractivity contribution in [2.24, 2.45) is 0 Å². The largest absolute Gasteiger partial charge is 0.383 e. The van der Waals surface area contributed by atoms with E-state index in [4.69, 9.17) is 5.73 Å². The smallest absolute Gasteiger partial charge is 0.130 e. The molecule has 0 aliphatic heterocycles. The van der Waals surface area contributed by atoms with Crippen molar-refractivity contribution in [1.82, 2.24) is 9.97 Å². The lowest BCUT2D eigenvalue weighted by Gasteiger charge is -2.08. The summed E-state index contributed by atoms with van der Waals surface area (Å²) in [7, 11) is 0. The number of benzene rings is 1. The number of nitrogen functional groups attached to an aromatic ring is 1. The van der Waals surface area contributed by atoms with Gasteiger partial charge in [0, 0.05) is 11.1 Å². The van der Waals surface area contributed by atoms with E-state index in [2.05, 4.69) is 9.97 Å². The molecule has 0 unspecified atom stereocenters. The van der Waals surface area contributed by atoms with E-state index in [1.807, 2.05) is 6.92 Å². The van der Waals surface area contributed by atoms with Gasteiger partial charge in [0.15, 0.2) is 0 Å². The molecule has 2 aromatic rings. The van der Waals surface area contributed by atoms with Crippen LogP contribution < -0.4 is 5.73 Å². The number of nitrogens with two attached hydrogens (primary N) is 1. The first-order chi connectivity index (χ1) is 7.72. The van der Waals surface area contributed by atoms with Gasteiger partial charge >= 0.3 is 0 Å². The van der Waals surface area contributed by atoms with Crippen molar-refractivity contribution in [3.8, 4) is 11.3 Å². The van der Waals surface area contributed by atoms with Crippen molar-refractivity contribution in [3.63, 3.8) is 0 Å². The molecular weight excluding hydrogens is 205 g/mol. The molecule has 82 valence electrons. The van der Waals surface area contributed by atoms with Crippen molar-refractivity contribution in [2.75, 3.05) is 5.73 Å². The maximum absolute atomic E-state index is 12.8. The standard InChI is InChI=1S/C12H12FN3/c1-2-10-11(15-7-16-12(10)14)8-3-5-9(13)6-4-8/h3-7H,2H2,1H3,(H2,14,15,16). The summed E-state index contributed by atoms with van der Waals surface area (Å²) in [5.74, 6) is 0.223. The molecule has 4 heteroatoms. The normalized spacial score (nSPS) is 10.4. The molecule has 2 rings (SSSR count). The molecule has 0 atom stereocenters. The minimum Gasteiger partial charge on any atom is -0.383 e. The molecule has 0 saturated carbocycles. The third kappa shape index (κ3) is 1.86. The van der Waals surface area contributed by atoms with Crippen LogP contribution in [0.1, 0.15) is 12.5 Å². The average Bonchev–Trinajstić information content (AvgIpc) is 2.30. The molecule has 0 aliphatic carbocycles. The molecule has 1 heterocycles. The molecule has 0 radical (unpaired) electrons. The van der Waals surface area contributed by atoms with E-state index >= 15 is 0 Å². The maximum Gasteiger partial charge on any atom is 0.130 e. The van der Waals surface area contributed by atoms with Crippen LogP contribution in [0, 0.1) is 5.82 Å². The van der Waals surface area contributed by atoms with Crippen molar-refractivity contribution in [3.05, 3.63) is 42.0 Å². The molecule has 0 bridgehead atoms. The zero-order valence-corrected chi connectivity index (χ0v) is 8.94. The zero-order chi connectivity index (χ0) is 11.5. The predicted molar refractivity (Wildman–Crippen MR) is 61.2 cm³/mol. The Bertz CT molecular complexity index is 494. The number of hydrogen-bond donors (Lipinski definition) is 1. The van der Waals surface area contributed by atoms with Crippen molar-refractivity contribution < 1.29 is 4.39 Å². The molecule has 0 spiro atoms. The zero-order valence-electron chi connectivity index (χ0n) is 8.94. The van der Waals surface area contributed by atoms with E-state index in [9.17, 15) is 4.39 Å². The van der Waals surface area contributed by atoms with Crippen LogP contribution in [-0.2, 0) is 6.42 Å². The summed E-state index contributed by atoms with van der Waals surface area (Å²) in [4.78, 5) is 8.14. The first-order valence-electron chi connectivity index (χ1n) is 5.07. The number of hydrogen-bond acceptors (Lipinski definition) is 3. The number of aromatic nitrogens is 2. The fraction of sp³-hybridized carbons (Fsp3) is 0.167. The summed E-state index contributed by atoms with van der Waals surface area (Å²) in [6.07, 6.45) is 2.17. The molecule has 0 saturated heterocycles. The third-order valence-electron chi connectivity index (χ3n) is 2.45. The van der Waals surface area contributed by atoms with Crippen LogP contribution >= 0.6 is 0 Å². The van der Waals surface area contributed by atoms with Crippen LogP contribution in [-0.4, -0.2) is 9.97 Å². The van der Waals surface area contributed by atoms with Crippen molar-refractivity contribution in [2.45, 2.75) is 13.3 Å². The highest BCUT2D eigenvalue weighted by atomic mass is 19.1. The maximum atomic E-state index is 12.8. The molecular formula is C12H12FN3. The van der Waals surface area contributed by atoms with E-state index in [0.717, 1.165) is 23.2 Å². The molecule has 3 nitrogen and oxygen atoms in total. The van der Waals surface area contributed by atoms with Gasteiger partial charge < -0.3 is 5.73 Å². The number of anilines is 1. The number of nitrogens with zero attached hydrogens (tertiary/aromatic N) is 2. The second-order valence-corrected chi connectivity index (χ2v) is 3.45. The van der Waals surface area contributed by atoms with Gasteiger partial charge in [-0.25, -0.2) is 14.4 Å². The van der Waals surface area contributed by atoms with E-state index in [1.165, 1.54) is 18.5 Å². The van der Waals surface area contributed by atoms with Gasteiger partial charge in [0.25, 0.3) is 0 Å². The summed E-state index contributed by atoms with van der Waals surface area (Å²) < 4.78 is 12.8. The average molecular weight is 217 g/mol. The first kappa shape index (κ1) is 10.5. The lowest BCUT2D eigenvalue weighted by Crippen LogP contribution is -2.01. The Hall–Kier alpha value is -1.97. The van der Waals surface area contributed by atoms with Gasteiger partial charge in [0.1, 0.15) is 18.0 Å². The summed E-state index contributed by atoms with van der Waals surface area (Å²) in [6, 6.07) is 6.20. The van der Waals surface area contributed by atoms with Crippen LogP contribution in [0.4, 0.5) is 10.2 Å². The molecule has 1 aromatic carbocycles. The Morgan fingerprint density at radius 2 is 1.88 bits per heavy atom. The summed E-state index contributed by atoms with van der Waals surface area (Å²) >= 11 is 0. The molecule has 1 aromatic heterocycles. The van der Waals surface area contributed by atoms with E-state index in [1.54, 1.807) is 12.1 Å². The van der Waals surface area contributed by atoms with Crippen LogP contribution in [0.25, 0.3) is 11.3 Å². The van der Waals surface area contributed by atoms with E-state index < -0.39 is 0 Å². The van der Waals surface area contributed by atoms with Gasteiger partial charge in [-0.2, -0.15) is 0 Å². The highest BCUT2D eigenvalue weighted by molar-refractivity contribution is 5.67. The second kappa shape index (κ2) is 4.26. The van der Waals surface area contributed by atoms with Crippen LogP contribution in [0.3, 0.4) is 0 Å². The van der Waals surface area contributed by atoms with Crippen molar-refractivity contribution >= 4 is 5.82 Å². The topological polar surface area (TPSA) is 51.8 Å². The van der Waals surface area contributed by atoms with E-state index in [-0.39, 0.29) is 5.82 Å². The first-order valence-corrected chi connectivity index (χ1v) is 5.07. The lowest BCUT2D eigenvalue weighted by atomic mass is 10.0. The second-order valence-electron chi connectivity index (χ2n) is 3.45. The van der Waals surface area contributed by atoms with Crippen molar-refractivity contribution in [1.29, 1.82) is 0 Å². The summed E-state index contributed by atoms with van der Waals surface area (Å²) in [5.41, 5.74) is 8.30. The lowest BCUT2D eigenvalue weighted by molar-refractivity contribution is 0.628. The van der Waals surface area contributed by atoms with Gasteiger partial charge in [-0.15, -0.1) is 0 Å². The fourth-order valence-electron chi connectivity index (χ4n) is 1.63. The Morgan fingerprint density at radius 3 is 2.50 bits per heavy atom. The van der Waals surface area contributed by atoms with Gasteiger partial charge in [0.2, 0.25) is 0 Å². The summed E-state index contributed by atoms with van der Waals surface area (Å²) in [5, 5.41) is 0. The van der Waals surface area contributed by atoms with Gasteiger partial charge in [-0.3, -0.25) is 0 Å². The Kier molecular flexibility index (Phi) is 2.81. The van der Waals surface area contributed by atoms with Crippen LogP contribution in [0.15, 0.2) is 30.6 Å². The SMILES string of the molecule is CCc1c(N)ncnc1-c1ccc(F)cc1. The molecule has 0 aliphatic rings. The van der Waals surface area contributed by atoms with Gasteiger partial charge in [0.05, 0.1) is 5.69 Å². The Morgan fingerprint density at radius 1 is 1.19 bits per heavy atom. The highest BCUT2D eigenvalue weighted by Crippen LogP contribution is 2.24. The van der Waals surface area contributed by atoms with Gasteiger partial charge in [-0.1, -0.05) is 6.92 Å². The molecule has 16 heavy (non-hydrogen) atoms. The Labute approximate surface area is 93.2 Å². The third-order valence-corrected chi connectivity index (χ3v) is 2.45. The molecule has 2 N–H and O–H groups in total. The van der Waals surface area contributed by atoms with Crippen LogP contribution in [0.2, 0.25) is 0 Å². The highest BCUT2D eigenvalue weighted by Gasteiger charge is 2.09. The summed E-state index contributed by atoms with van der Waals surface area (Å²) in [6.45, 7) is 1.99. The quantitative estimate of drug-likeness (QED) is 0.840. The monoisotopic (exact) mass is 217 g/mol. The van der Waals surface area contributed by atoms with E-state index in [0.29, 0.717) is 5.82 Å². The minimum atomic E-state index is -0.260. The molecule has 0 fully saturated rings.